The summed E-state index contributed by atoms with van der Waals surface area (Å²) in [4.78, 5) is 0. The minimum Gasteiger partial charge on any atom is -0.292 e. The first-order chi connectivity index (χ1) is 5.61. The Morgan fingerprint density at radius 1 is 1.25 bits per heavy atom. The Bertz CT molecular complexity index is 155. The summed E-state index contributed by atoms with van der Waals surface area (Å²) in [6.07, 6.45) is 4.69. The first-order valence-electron chi connectivity index (χ1n) is 4.93. The molecule has 1 fully saturated rings. The van der Waals surface area contributed by atoms with E-state index in [2.05, 4.69) is 37.8 Å². The van der Waals surface area contributed by atoms with Crippen molar-refractivity contribution in [3.05, 3.63) is 0 Å². The van der Waals surface area contributed by atoms with Gasteiger partial charge in [-0.15, -0.1) is 0 Å². The summed E-state index contributed by atoms with van der Waals surface area (Å²) in [5.41, 5.74) is 0. The van der Waals surface area contributed by atoms with Crippen LogP contribution in [0.15, 0.2) is 5.10 Å². The van der Waals surface area contributed by atoms with E-state index in [0.717, 1.165) is 6.04 Å². The van der Waals surface area contributed by atoms with Gasteiger partial charge < -0.3 is 0 Å². The van der Waals surface area contributed by atoms with Crippen LogP contribution in [-0.4, -0.2) is 23.3 Å². The van der Waals surface area contributed by atoms with Crippen LogP contribution >= 0.6 is 0 Å². The number of hydrazone groups is 1. The summed E-state index contributed by atoms with van der Waals surface area (Å²) >= 11 is 0. The molecule has 0 N–H and O–H groups in total. The Kier molecular flexibility index (Phi) is 3.12. The molecule has 0 bridgehead atoms. The van der Waals surface area contributed by atoms with Gasteiger partial charge in [0, 0.05) is 18.3 Å². The molecule has 1 aliphatic rings. The average molecular weight is 168 g/mol. The molecule has 1 aliphatic carbocycles. The fourth-order valence-corrected chi connectivity index (χ4v) is 1.20. The molecular weight excluding hydrogens is 148 g/mol. The topological polar surface area (TPSA) is 15.6 Å². The predicted octanol–water partition coefficient (Wildman–Crippen LogP) is 2.50. The van der Waals surface area contributed by atoms with Crippen molar-refractivity contribution in [2.24, 2.45) is 11.0 Å². The van der Waals surface area contributed by atoms with E-state index in [1.807, 2.05) is 6.21 Å². The maximum atomic E-state index is 4.49. The number of hydrogen-bond acceptors (Lipinski definition) is 2. The largest absolute Gasteiger partial charge is 0.292 e. The van der Waals surface area contributed by atoms with Crippen molar-refractivity contribution in [1.82, 2.24) is 5.01 Å². The predicted molar refractivity (Wildman–Crippen MR) is 53.3 cm³/mol. The molecule has 0 aromatic heterocycles. The van der Waals surface area contributed by atoms with Gasteiger partial charge in [-0.25, -0.2) is 0 Å². The highest BCUT2D eigenvalue weighted by molar-refractivity contribution is 5.59. The van der Waals surface area contributed by atoms with Gasteiger partial charge >= 0.3 is 0 Å². The molecule has 0 unspecified atom stereocenters. The molecule has 0 heterocycles. The second-order valence-corrected chi connectivity index (χ2v) is 4.21. The van der Waals surface area contributed by atoms with Crippen molar-refractivity contribution in [2.45, 2.75) is 52.6 Å². The lowest BCUT2D eigenvalue weighted by Crippen LogP contribution is -2.28. The van der Waals surface area contributed by atoms with Crippen molar-refractivity contribution in [1.29, 1.82) is 0 Å². The van der Waals surface area contributed by atoms with Crippen LogP contribution in [0.2, 0.25) is 0 Å². The second-order valence-electron chi connectivity index (χ2n) is 4.21. The first kappa shape index (κ1) is 9.56. The van der Waals surface area contributed by atoms with E-state index in [9.17, 15) is 0 Å². The molecule has 0 aromatic rings. The van der Waals surface area contributed by atoms with Crippen molar-refractivity contribution in [2.75, 3.05) is 0 Å². The molecule has 0 amide bonds. The number of nitrogens with zero attached hydrogens (tertiary/aromatic N) is 2. The summed E-state index contributed by atoms with van der Waals surface area (Å²) in [6.45, 7) is 8.73. The highest BCUT2D eigenvalue weighted by Gasteiger charge is 2.29. The Morgan fingerprint density at radius 3 is 2.17 bits per heavy atom. The highest BCUT2D eigenvalue weighted by atomic mass is 15.5. The van der Waals surface area contributed by atoms with Gasteiger partial charge in [0.05, 0.1) is 0 Å². The van der Waals surface area contributed by atoms with Crippen LogP contribution in [0.3, 0.4) is 0 Å². The molecule has 2 nitrogen and oxygen atoms in total. The van der Waals surface area contributed by atoms with Gasteiger partial charge in [0.15, 0.2) is 0 Å². The Hall–Kier alpha value is -0.530. The summed E-state index contributed by atoms with van der Waals surface area (Å²) < 4.78 is 0. The Labute approximate surface area is 75.6 Å². The lowest BCUT2D eigenvalue weighted by Gasteiger charge is -2.23. The van der Waals surface area contributed by atoms with Gasteiger partial charge in [0.25, 0.3) is 0 Å². The third kappa shape index (κ3) is 2.84. The van der Waals surface area contributed by atoms with Crippen LogP contribution in [0, 0.1) is 5.92 Å². The maximum absolute atomic E-state index is 4.49. The third-order valence-corrected chi connectivity index (χ3v) is 1.95. The normalized spacial score (nSPS) is 18.2. The maximum Gasteiger partial charge on any atom is 0.0475 e. The molecule has 1 rings (SSSR count). The van der Waals surface area contributed by atoms with Crippen molar-refractivity contribution >= 4 is 6.21 Å². The second kappa shape index (κ2) is 3.92. The van der Waals surface area contributed by atoms with Crippen molar-refractivity contribution in [3.8, 4) is 0 Å². The van der Waals surface area contributed by atoms with Gasteiger partial charge in [-0.2, -0.15) is 5.10 Å². The van der Waals surface area contributed by atoms with Crippen LogP contribution in [-0.2, 0) is 0 Å². The van der Waals surface area contributed by atoms with E-state index < -0.39 is 0 Å². The summed E-state index contributed by atoms with van der Waals surface area (Å²) in [5.74, 6) is 0.560. The molecule has 0 atom stereocenters. The fraction of sp³-hybridized carbons (Fsp3) is 0.900. The van der Waals surface area contributed by atoms with Crippen LogP contribution in [0.1, 0.15) is 40.5 Å². The van der Waals surface area contributed by atoms with Gasteiger partial charge in [0.2, 0.25) is 0 Å². The zero-order valence-electron chi connectivity index (χ0n) is 8.62. The molecular formula is C10H20N2. The van der Waals surface area contributed by atoms with E-state index >= 15 is 0 Å². The van der Waals surface area contributed by atoms with E-state index in [1.54, 1.807) is 0 Å². The minimum atomic E-state index is 0.549. The lowest BCUT2D eigenvalue weighted by atomic mass is 10.2. The molecule has 0 saturated heterocycles. The average Bonchev–Trinajstić information content (AvgIpc) is 2.69. The van der Waals surface area contributed by atoms with Crippen molar-refractivity contribution < 1.29 is 0 Å². The summed E-state index contributed by atoms with van der Waals surface area (Å²) in [6, 6.07) is 1.28. The highest BCUT2D eigenvalue weighted by Crippen LogP contribution is 2.28. The standard InChI is InChI=1S/C10H20N2/c1-8(2)7-11-12(9(3)4)10-5-6-10/h7-10H,5-6H2,1-4H3/b11-7-. The monoisotopic (exact) mass is 168 g/mol. The molecule has 0 aliphatic heterocycles. The molecule has 1 saturated carbocycles. The Morgan fingerprint density at radius 2 is 1.83 bits per heavy atom. The lowest BCUT2D eigenvalue weighted by molar-refractivity contribution is 0.222. The number of hydrogen-bond donors (Lipinski definition) is 0. The van der Waals surface area contributed by atoms with Gasteiger partial charge in [0.1, 0.15) is 0 Å². The van der Waals surface area contributed by atoms with Crippen LogP contribution < -0.4 is 0 Å². The molecule has 70 valence electrons. The smallest absolute Gasteiger partial charge is 0.0475 e. The summed E-state index contributed by atoms with van der Waals surface area (Å²) in [5, 5.41) is 6.73. The number of rotatable bonds is 4. The fourth-order valence-electron chi connectivity index (χ4n) is 1.20. The van der Waals surface area contributed by atoms with Crippen LogP contribution in [0.5, 0.6) is 0 Å². The molecule has 2 heteroatoms. The van der Waals surface area contributed by atoms with E-state index in [0.29, 0.717) is 12.0 Å². The zero-order chi connectivity index (χ0) is 9.14. The zero-order valence-corrected chi connectivity index (χ0v) is 8.62. The van der Waals surface area contributed by atoms with Crippen molar-refractivity contribution in [3.63, 3.8) is 0 Å². The van der Waals surface area contributed by atoms with Gasteiger partial charge in [-0.1, -0.05) is 13.8 Å². The van der Waals surface area contributed by atoms with Gasteiger partial charge in [-0.05, 0) is 32.6 Å². The SMILES string of the molecule is CC(C)/C=N\N(C(C)C)C1CC1. The Balaban J connectivity index is 2.42. The summed E-state index contributed by atoms with van der Waals surface area (Å²) in [7, 11) is 0. The van der Waals surface area contributed by atoms with Crippen LogP contribution in [0.25, 0.3) is 0 Å². The first-order valence-corrected chi connectivity index (χ1v) is 4.93. The van der Waals surface area contributed by atoms with E-state index in [4.69, 9.17) is 0 Å². The minimum absolute atomic E-state index is 0.549. The molecule has 0 aromatic carbocycles. The molecule has 12 heavy (non-hydrogen) atoms. The van der Waals surface area contributed by atoms with Gasteiger partial charge in [-0.3, -0.25) is 5.01 Å². The molecule has 0 radical (unpaired) electrons. The quantitative estimate of drug-likeness (QED) is 0.465. The van der Waals surface area contributed by atoms with E-state index in [-0.39, 0.29) is 0 Å². The molecule has 0 spiro atoms. The van der Waals surface area contributed by atoms with E-state index in [1.165, 1.54) is 12.8 Å². The third-order valence-electron chi connectivity index (χ3n) is 1.95. The van der Waals surface area contributed by atoms with Crippen LogP contribution in [0.4, 0.5) is 0 Å².